The van der Waals surface area contributed by atoms with Crippen LogP contribution < -0.4 is 10.1 Å². The van der Waals surface area contributed by atoms with Crippen LogP contribution in [0.5, 0.6) is 5.88 Å². The summed E-state index contributed by atoms with van der Waals surface area (Å²) in [6.45, 7) is 12.3. The van der Waals surface area contributed by atoms with Crippen LogP contribution in [0, 0.1) is 25.1 Å². The van der Waals surface area contributed by atoms with Crippen LogP contribution in [-0.4, -0.2) is 61.3 Å². The Morgan fingerprint density at radius 1 is 1.12 bits per heavy atom. The van der Waals surface area contributed by atoms with E-state index in [2.05, 4.69) is 40.9 Å². The van der Waals surface area contributed by atoms with Gasteiger partial charge >= 0.3 is 0 Å². The van der Waals surface area contributed by atoms with Gasteiger partial charge in [0.15, 0.2) is 11.5 Å². The standard InChI is InChI=1S/C39H34F2N8O3/c1-23-30-16-26(17-32(41)38(30)47-46-23)39(50)43-28-8-9-34-35(19-28)49(20-29-12-15-51-29)36(44-34)21-48-13-10-24(11-14-48)33-4-3-5-37(45-33)52-22-25-6-7-27(42-2)18-31(25)40/h3-10,16-19,29H,11-15,20-22H2,1H3,(H,43,50)(H,46,47). The minimum Gasteiger partial charge on any atom is -0.473 e. The number of H-pyrrole nitrogens is 1. The van der Waals surface area contributed by atoms with Crippen molar-refractivity contribution in [2.24, 2.45) is 0 Å². The molecule has 2 aliphatic heterocycles. The number of ether oxygens (including phenoxy) is 2. The van der Waals surface area contributed by atoms with Gasteiger partial charge in [-0.3, -0.25) is 14.8 Å². The quantitative estimate of drug-likeness (QED) is 0.144. The van der Waals surface area contributed by atoms with E-state index in [0.717, 1.165) is 54.1 Å². The molecule has 1 fully saturated rings. The van der Waals surface area contributed by atoms with Crippen molar-refractivity contribution in [2.75, 3.05) is 25.0 Å². The second-order valence-corrected chi connectivity index (χ2v) is 13.0. The first-order valence-electron chi connectivity index (χ1n) is 17.0. The summed E-state index contributed by atoms with van der Waals surface area (Å²) in [5, 5.41) is 10.3. The van der Waals surface area contributed by atoms with Crippen molar-refractivity contribution in [1.82, 2.24) is 29.6 Å². The zero-order chi connectivity index (χ0) is 35.8. The average Bonchev–Trinajstić information content (AvgIpc) is 3.68. The molecule has 1 atom stereocenters. The third-order valence-electron chi connectivity index (χ3n) is 9.58. The minimum atomic E-state index is -0.557. The second kappa shape index (κ2) is 14.0. The summed E-state index contributed by atoms with van der Waals surface area (Å²) in [6.07, 6.45) is 3.99. The van der Waals surface area contributed by atoms with Crippen LogP contribution in [0.1, 0.15) is 46.0 Å². The molecule has 1 unspecified atom stereocenters. The van der Waals surface area contributed by atoms with Gasteiger partial charge in [0.2, 0.25) is 5.88 Å². The zero-order valence-electron chi connectivity index (χ0n) is 28.3. The molecule has 2 aliphatic rings. The predicted molar refractivity (Wildman–Crippen MR) is 192 cm³/mol. The van der Waals surface area contributed by atoms with Gasteiger partial charge in [-0.05, 0) is 67.8 Å². The molecule has 0 radical (unpaired) electrons. The summed E-state index contributed by atoms with van der Waals surface area (Å²) < 4.78 is 42.8. The van der Waals surface area contributed by atoms with E-state index in [-0.39, 0.29) is 29.5 Å². The van der Waals surface area contributed by atoms with Gasteiger partial charge in [-0.25, -0.2) is 23.6 Å². The van der Waals surface area contributed by atoms with E-state index in [0.29, 0.717) is 47.8 Å². The molecule has 1 amide bonds. The van der Waals surface area contributed by atoms with Gasteiger partial charge in [-0.15, -0.1) is 0 Å². The third kappa shape index (κ3) is 6.73. The van der Waals surface area contributed by atoms with Crippen molar-refractivity contribution < 1.29 is 23.0 Å². The van der Waals surface area contributed by atoms with Gasteiger partial charge in [0.25, 0.3) is 5.91 Å². The molecule has 11 nitrogen and oxygen atoms in total. The summed E-state index contributed by atoms with van der Waals surface area (Å²) in [6, 6.07) is 18.4. The summed E-state index contributed by atoms with van der Waals surface area (Å²) in [4.78, 5) is 28.5. The number of hydrogen-bond acceptors (Lipinski definition) is 7. The van der Waals surface area contributed by atoms with Crippen molar-refractivity contribution >= 4 is 44.8 Å². The first kappa shape index (κ1) is 33.2. The second-order valence-electron chi connectivity index (χ2n) is 13.0. The van der Waals surface area contributed by atoms with Crippen molar-refractivity contribution in [3.63, 3.8) is 0 Å². The molecular weight excluding hydrogens is 666 g/mol. The van der Waals surface area contributed by atoms with Gasteiger partial charge in [0.05, 0.1) is 42.5 Å². The number of carbonyl (C=O) groups is 1. The number of pyridine rings is 1. The maximum atomic E-state index is 14.7. The largest absolute Gasteiger partial charge is 0.473 e. The van der Waals surface area contributed by atoms with Gasteiger partial charge in [-0.1, -0.05) is 24.3 Å². The number of benzene rings is 3. The van der Waals surface area contributed by atoms with Crippen LogP contribution in [0.3, 0.4) is 0 Å². The number of halogens is 2. The van der Waals surface area contributed by atoms with E-state index in [9.17, 15) is 13.6 Å². The summed E-state index contributed by atoms with van der Waals surface area (Å²) in [5.74, 6) is -0.151. The lowest BCUT2D eigenvalue weighted by atomic mass is 10.0. The Labute approximate surface area is 297 Å². The molecule has 1 saturated heterocycles. The summed E-state index contributed by atoms with van der Waals surface area (Å²) in [5.41, 5.74) is 5.89. The van der Waals surface area contributed by atoms with E-state index in [1.165, 1.54) is 12.1 Å². The molecule has 5 heterocycles. The number of carbonyl (C=O) groups excluding carboxylic acids is 1. The molecule has 0 aliphatic carbocycles. The first-order valence-corrected chi connectivity index (χ1v) is 17.0. The van der Waals surface area contributed by atoms with E-state index < -0.39 is 17.5 Å². The fraction of sp³-hybridized carbons (Fsp3) is 0.256. The number of aromatic nitrogens is 5. The lowest BCUT2D eigenvalue weighted by Crippen LogP contribution is -2.33. The van der Waals surface area contributed by atoms with E-state index in [4.69, 9.17) is 21.0 Å². The molecule has 0 bridgehead atoms. The number of anilines is 1. The molecule has 3 aromatic carbocycles. The molecule has 13 heteroatoms. The van der Waals surface area contributed by atoms with Crippen molar-refractivity contribution in [2.45, 2.75) is 45.6 Å². The van der Waals surface area contributed by atoms with E-state index >= 15 is 0 Å². The number of aryl methyl sites for hydroxylation is 1. The topological polar surface area (TPSA) is 115 Å². The first-order chi connectivity index (χ1) is 25.3. The fourth-order valence-electron chi connectivity index (χ4n) is 6.58. The number of nitrogens with zero attached hydrogens (tertiary/aromatic N) is 6. The molecule has 52 heavy (non-hydrogen) atoms. The SMILES string of the molecule is [C-]#[N+]c1ccc(COc2cccc(C3=CCN(Cc4nc5ccc(NC(=O)c6cc(F)c7n[nH]c(C)c7c6)cc5n4CC4CCO4)CC3)n2)c(F)c1. The van der Waals surface area contributed by atoms with Crippen molar-refractivity contribution in [1.29, 1.82) is 0 Å². The molecule has 0 saturated carbocycles. The van der Waals surface area contributed by atoms with Crippen LogP contribution in [0.2, 0.25) is 0 Å². The number of rotatable bonds is 10. The number of amides is 1. The number of imidazole rings is 1. The minimum absolute atomic E-state index is 0.0101. The Morgan fingerprint density at radius 2 is 2.00 bits per heavy atom. The number of aromatic amines is 1. The highest BCUT2D eigenvalue weighted by molar-refractivity contribution is 6.07. The Balaban J connectivity index is 0.966. The molecule has 8 rings (SSSR count). The maximum absolute atomic E-state index is 14.7. The number of hydrogen-bond donors (Lipinski definition) is 2. The van der Waals surface area contributed by atoms with Crippen LogP contribution in [-0.2, 0) is 24.4 Å². The predicted octanol–water partition coefficient (Wildman–Crippen LogP) is 7.35. The summed E-state index contributed by atoms with van der Waals surface area (Å²) >= 11 is 0. The Kier molecular flexibility index (Phi) is 8.92. The van der Waals surface area contributed by atoms with Crippen molar-refractivity contribution in [3.8, 4) is 5.88 Å². The maximum Gasteiger partial charge on any atom is 0.255 e. The smallest absolute Gasteiger partial charge is 0.255 e. The molecule has 2 N–H and O–H groups in total. The Bertz CT molecular complexity index is 2410. The lowest BCUT2D eigenvalue weighted by Gasteiger charge is -2.29. The van der Waals surface area contributed by atoms with Gasteiger partial charge < -0.3 is 19.4 Å². The molecular formula is C39H34F2N8O3. The van der Waals surface area contributed by atoms with Crippen LogP contribution in [0.25, 0.3) is 32.4 Å². The molecule has 6 aromatic rings. The van der Waals surface area contributed by atoms with Gasteiger partial charge in [-0.2, -0.15) is 5.10 Å². The average molecular weight is 701 g/mol. The van der Waals surface area contributed by atoms with Gasteiger partial charge in [0, 0.05) is 53.7 Å². The lowest BCUT2D eigenvalue weighted by molar-refractivity contribution is -0.0591. The van der Waals surface area contributed by atoms with Crippen LogP contribution in [0.15, 0.2) is 72.8 Å². The highest BCUT2D eigenvalue weighted by Crippen LogP contribution is 2.28. The molecule has 0 spiro atoms. The highest BCUT2D eigenvalue weighted by atomic mass is 19.1. The number of fused-ring (bicyclic) bond motifs is 2. The number of nitrogens with one attached hydrogen (secondary N) is 2. The third-order valence-corrected chi connectivity index (χ3v) is 9.58. The normalized spacial score (nSPS) is 16.0. The monoisotopic (exact) mass is 700 g/mol. The zero-order valence-corrected chi connectivity index (χ0v) is 28.3. The Hall–Kier alpha value is -5.97. The van der Waals surface area contributed by atoms with Crippen LogP contribution in [0.4, 0.5) is 20.2 Å². The summed E-state index contributed by atoms with van der Waals surface area (Å²) in [7, 11) is 0. The van der Waals surface area contributed by atoms with Gasteiger partial charge in [0.1, 0.15) is 23.8 Å². The van der Waals surface area contributed by atoms with Crippen LogP contribution >= 0.6 is 0 Å². The molecule has 3 aromatic heterocycles. The van der Waals surface area contributed by atoms with E-state index in [1.807, 2.05) is 30.3 Å². The highest BCUT2D eigenvalue weighted by Gasteiger charge is 2.24. The fourth-order valence-corrected chi connectivity index (χ4v) is 6.58. The Morgan fingerprint density at radius 3 is 2.77 bits per heavy atom. The van der Waals surface area contributed by atoms with Crippen molar-refractivity contribution in [3.05, 3.63) is 124 Å². The van der Waals surface area contributed by atoms with E-state index in [1.54, 1.807) is 31.2 Å². The molecule has 262 valence electrons.